The summed E-state index contributed by atoms with van der Waals surface area (Å²) in [5.41, 5.74) is 2.16. The van der Waals surface area contributed by atoms with Crippen LogP contribution in [0.1, 0.15) is 5.56 Å². The van der Waals surface area contributed by atoms with E-state index >= 15 is 0 Å². The Morgan fingerprint density at radius 3 is 2.55 bits per heavy atom. The lowest BCUT2D eigenvalue weighted by Crippen LogP contribution is -2.02. The van der Waals surface area contributed by atoms with Gasteiger partial charge in [-0.2, -0.15) is 0 Å². The maximum atomic E-state index is 5.35. The van der Waals surface area contributed by atoms with Gasteiger partial charge in [0, 0.05) is 23.8 Å². The van der Waals surface area contributed by atoms with Crippen molar-refractivity contribution >= 4 is 17.4 Å². The summed E-state index contributed by atoms with van der Waals surface area (Å²) in [6, 6.07) is 7.91. The first-order valence-corrected chi connectivity index (χ1v) is 7.43. The minimum Gasteiger partial charge on any atom is -0.493 e. The van der Waals surface area contributed by atoms with E-state index in [1.54, 1.807) is 38.4 Å². The molecule has 0 spiro atoms. The van der Waals surface area contributed by atoms with Crippen molar-refractivity contribution in [1.29, 1.82) is 0 Å². The number of hydrogen-bond acceptors (Lipinski definition) is 5. The Hall–Kier alpha value is -1.88. The molecule has 0 atom stereocenters. The van der Waals surface area contributed by atoms with Crippen LogP contribution in [0.15, 0.2) is 41.6 Å². The quantitative estimate of drug-likeness (QED) is 0.826. The molecule has 0 aliphatic rings. The van der Waals surface area contributed by atoms with E-state index in [2.05, 4.69) is 16.6 Å². The fraction of sp³-hybridized carbons (Fsp3) is 0.267. The van der Waals surface area contributed by atoms with E-state index in [1.165, 1.54) is 10.5 Å². The lowest BCUT2D eigenvalue weighted by Gasteiger charge is -2.14. The molecule has 2 aromatic rings. The molecule has 4 nitrogen and oxygen atoms in total. The molecule has 0 bridgehead atoms. The zero-order chi connectivity index (χ0) is 14.4. The smallest absolute Gasteiger partial charge is 0.161 e. The summed E-state index contributed by atoms with van der Waals surface area (Å²) >= 11 is 1.69. The molecule has 1 aromatic heterocycles. The summed E-state index contributed by atoms with van der Waals surface area (Å²) in [4.78, 5) is 5.25. The van der Waals surface area contributed by atoms with Gasteiger partial charge in [-0.05, 0) is 36.1 Å². The molecular weight excluding hydrogens is 272 g/mol. The molecule has 0 aliphatic carbocycles. The van der Waals surface area contributed by atoms with Crippen LogP contribution in [0.5, 0.6) is 11.5 Å². The van der Waals surface area contributed by atoms with Crippen LogP contribution < -0.4 is 14.8 Å². The first-order chi connectivity index (χ1) is 9.78. The second-order valence-electron chi connectivity index (χ2n) is 4.11. The summed E-state index contributed by atoms with van der Waals surface area (Å²) in [5, 5.41) is 3.35. The molecule has 1 N–H and O–H groups in total. The molecular formula is C15H18N2O2S. The third kappa shape index (κ3) is 3.36. The molecule has 0 unspecified atom stereocenters. The van der Waals surface area contributed by atoms with Gasteiger partial charge in [0.2, 0.25) is 0 Å². The highest BCUT2D eigenvalue weighted by Gasteiger charge is 2.10. The molecule has 1 heterocycles. The summed E-state index contributed by atoms with van der Waals surface area (Å²) in [5.74, 6) is 1.50. The number of ether oxygens (including phenoxy) is 2. The maximum absolute atomic E-state index is 5.35. The first-order valence-electron chi connectivity index (χ1n) is 6.21. The van der Waals surface area contributed by atoms with Gasteiger partial charge in [-0.25, -0.2) is 0 Å². The second kappa shape index (κ2) is 7.05. The van der Waals surface area contributed by atoms with Gasteiger partial charge in [0.1, 0.15) is 0 Å². The number of rotatable bonds is 6. The predicted molar refractivity (Wildman–Crippen MR) is 82.9 cm³/mol. The molecule has 5 heteroatoms. The van der Waals surface area contributed by atoms with Crippen LogP contribution in [-0.2, 0) is 6.54 Å². The third-order valence-electron chi connectivity index (χ3n) is 2.93. The normalized spacial score (nSPS) is 10.2. The number of benzene rings is 1. The Kier molecular flexibility index (Phi) is 5.12. The van der Waals surface area contributed by atoms with Crippen LogP contribution in [0.3, 0.4) is 0 Å². The molecule has 0 saturated heterocycles. The molecule has 0 saturated carbocycles. The van der Waals surface area contributed by atoms with E-state index in [0.717, 1.165) is 17.2 Å². The summed E-state index contributed by atoms with van der Waals surface area (Å²) in [7, 11) is 3.30. The van der Waals surface area contributed by atoms with Crippen LogP contribution >= 0.6 is 11.8 Å². The molecule has 20 heavy (non-hydrogen) atoms. The number of nitrogens with one attached hydrogen (secondary N) is 1. The lowest BCUT2D eigenvalue weighted by atomic mass is 10.2. The average Bonchev–Trinajstić information content (AvgIpc) is 2.52. The number of pyridine rings is 1. The largest absolute Gasteiger partial charge is 0.493 e. The van der Waals surface area contributed by atoms with Gasteiger partial charge in [0.05, 0.1) is 19.9 Å². The Morgan fingerprint density at radius 1 is 1.20 bits per heavy atom. The summed E-state index contributed by atoms with van der Waals surface area (Å²) in [6.07, 6.45) is 5.61. The first kappa shape index (κ1) is 14.5. The number of anilines is 1. The SMILES string of the molecule is COc1cc(CNc2cccnc2)c(SC)cc1OC. The van der Waals surface area contributed by atoms with Gasteiger partial charge in [-0.3, -0.25) is 4.98 Å². The highest BCUT2D eigenvalue weighted by Crippen LogP contribution is 2.34. The third-order valence-corrected chi connectivity index (χ3v) is 3.75. The van der Waals surface area contributed by atoms with Crippen molar-refractivity contribution in [1.82, 2.24) is 4.98 Å². The van der Waals surface area contributed by atoms with Crippen molar-refractivity contribution in [2.45, 2.75) is 11.4 Å². The van der Waals surface area contributed by atoms with Crippen molar-refractivity contribution in [3.8, 4) is 11.5 Å². The highest BCUT2D eigenvalue weighted by atomic mass is 32.2. The van der Waals surface area contributed by atoms with E-state index in [9.17, 15) is 0 Å². The predicted octanol–water partition coefficient (Wildman–Crippen LogP) is 3.43. The van der Waals surface area contributed by atoms with Crippen LogP contribution in [-0.4, -0.2) is 25.5 Å². The summed E-state index contributed by atoms with van der Waals surface area (Å²) in [6.45, 7) is 0.711. The monoisotopic (exact) mass is 290 g/mol. The van der Waals surface area contributed by atoms with Crippen LogP contribution in [0.2, 0.25) is 0 Å². The number of nitrogens with zero attached hydrogens (tertiary/aromatic N) is 1. The number of aromatic nitrogens is 1. The fourth-order valence-electron chi connectivity index (χ4n) is 1.90. The second-order valence-corrected chi connectivity index (χ2v) is 4.96. The van der Waals surface area contributed by atoms with Crippen molar-refractivity contribution in [2.75, 3.05) is 25.8 Å². The van der Waals surface area contributed by atoms with Crippen LogP contribution in [0.4, 0.5) is 5.69 Å². The number of methoxy groups -OCH3 is 2. The van der Waals surface area contributed by atoms with E-state index in [-0.39, 0.29) is 0 Å². The molecule has 0 fully saturated rings. The molecule has 106 valence electrons. The average molecular weight is 290 g/mol. The van der Waals surface area contributed by atoms with Crippen LogP contribution in [0.25, 0.3) is 0 Å². The number of thioether (sulfide) groups is 1. The zero-order valence-corrected chi connectivity index (χ0v) is 12.7. The van der Waals surface area contributed by atoms with Gasteiger partial charge in [-0.1, -0.05) is 0 Å². The van der Waals surface area contributed by atoms with Gasteiger partial charge < -0.3 is 14.8 Å². The van der Waals surface area contributed by atoms with Crippen LogP contribution in [0, 0.1) is 0 Å². The molecule has 0 amide bonds. The molecule has 0 radical (unpaired) electrons. The zero-order valence-electron chi connectivity index (χ0n) is 11.8. The Morgan fingerprint density at radius 2 is 1.95 bits per heavy atom. The van der Waals surface area contributed by atoms with Gasteiger partial charge in [0.15, 0.2) is 11.5 Å². The van der Waals surface area contributed by atoms with Gasteiger partial charge >= 0.3 is 0 Å². The minimum absolute atomic E-state index is 0.711. The van der Waals surface area contributed by atoms with Crippen molar-refractivity contribution in [3.63, 3.8) is 0 Å². The Balaban J connectivity index is 2.21. The molecule has 0 aliphatic heterocycles. The molecule has 2 rings (SSSR count). The van der Waals surface area contributed by atoms with Gasteiger partial charge in [-0.15, -0.1) is 11.8 Å². The van der Waals surface area contributed by atoms with E-state index in [1.807, 2.05) is 24.3 Å². The van der Waals surface area contributed by atoms with E-state index in [0.29, 0.717) is 6.54 Å². The van der Waals surface area contributed by atoms with Crippen molar-refractivity contribution < 1.29 is 9.47 Å². The standard InChI is InChI=1S/C15H18N2O2S/c1-18-13-7-11(15(20-3)8-14(13)19-2)9-17-12-5-4-6-16-10-12/h4-8,10,17H,9H2,1-3H3. The molecule has 1 aromatic carbocycles. The number of hydrogen-bond donors (Lipinski definition) is 1. The fourth-order valence-corrected chi connectivity index (χ4v) is 2.51. The maximum Gasteiger partial charge on any atom is 0.161 e. The van der Waals surface area contributed by atoms with Crippen molar-refractivity contribution in [2.24, 2.45) is 0 Å². The van der Waals surface area contributed by atoms with Crippen molar-refractivity contribution in [3.05, 3.63) is 42.2 Å². The van der Waals surface area contributed by atoms with E-state index in [4.69, 9.17) is 9.47 Å². The lowest BCUT2D eigenvalue weighted by molar-refractivity contribution is 0.353. The van der Waals surface area contributed by atoms with Gasteiger partial charge in [0.25, 0.3) is 0 Å². The Labute approximate surface area is 123 Å². The summed E-state index contributed by atoms with van der Waals surface area (Å²) < 4.78 is 10.7. The van der Waals surface area contributed by atoms with E-state index < -0.39 is 0 Å². The Bertz CT molecular complexity index is 561. The minimum atomic E-state index is 0.711. The topological polar surface area (TPSA) is 43.4 Å². The highest BCUT2D eigenvalue weighted by molar-refractivity contribution is 7.98.